The molecule has 2 rings (SSSR count). The van der Waals surface area contributed by atoms with Crippen molar-refractivity contribution in [3.05, 3.63) is 35.4 Å². The maximum absolute atomic E-state index is 11.6. The number of nitrogens with zero attached hydrogens (tertiary/aromatic N) is 1. The van der Waals surface area contributed by atoms with Gasteiger partial charge in [0.1, 0.15) is 0 Å². The standard InChI is InChI=1S/C13H19N3O/c1-10(13(17)15-14)16-8-4-7-11-5-2-3-6-12(11)9-16/h2-3,5-6,10H,4,7-9,14H2,1H3,(H,15,17). The maximum atomic E-state index is 11.6. The van der Waals surface area contributed by atoms with Crippen LogP contribution in [0.4, 0.5) is 0 Å². The Hall–Kier alpha value is -1.39. The fraction of sp³-hybridized carbons (Fsp3) is 0.462. The number of carbonyl (C=O) groups excluding carboxylic acids is 1. The average Bonchev–Trinajstić information content (AvgIpc) is 2.58. The molecule has 0 bridgehead atoms. The van der Waals surface area contributed by atoms with Crippen molar-refractivity contribution in [2.45, 2.75) is 32.4 Å². The molecule has 0 saturated heterocycles. The number of nitrogens with two attached hydrogens (primary N) is 1. The van der Waals surface area contributed by atoms with Gasteiger partial charge in [0, 0.05) is 6.54 Å². The number of hydrogen-bond donors (Lipinski definition) is 2. The highest BCUT2D eigenvalue weighted by Gasteiger charge is 2.23. The van der Waals surface area contributed by atoms with Crippen LogP contribution in [0.25, 0.3) is 0 Å². The van der Waals surface area contributed by atoms with Crippen LogP contribution in [0.1, 0.15) is 24.5 Å². The van der Waals surface area contributed by atoms with Gasteiger partial charge in [-0.25, -0.2) is 5.84 Å². The molecule has 1 atom stereocenters. The van der Waals surface area contributed by atoms with Crippen LogP contribution in [0.2, 0.25) is 0 Å². The Kier molecular flexibility index (Phi) is 3.76. The first kappa shape index (κ1) is 12.1. The number of fused-ring (bicyclic) bond motifs is 1. The van der Waals surface area contributed by atoms with Crippen molar-refractivity contribution in [3.8, 4) is 0 Å². The second kappa shape index (κ2) is 5.29. The summed E-state index contributed by atoms with van der Waals surface area (Å²) in [6.07, 6.45) is 2.17. The topological polar surface area (TPSA) is 58.4 Å². The number of carbonyl (C=O) groups is 1. The van der Waals surface area contributed by atoms with Gasteiger partial charge in [0.25, 0.3) is 5.91 Å². The predicted molar refractivity (Wildman–Crippen MR) is 67.0 cm³/mol. The molecule has 1 aromatic carbocycles. The van der Waals surface area contributed by atoms with Crippen molar-refractivity contribution >= 4 is 5.91 Å². The van der Waals surface area contributed by atoms with Gasteiger partial charge in [-0.3, -0.25) is 15.1 Å². The van der Waals surface area contributed by atoms with E-state index in [2.05, 4.69) is 34.6 Å². The van der Waals surface area contributed by atoms with Gasteiger partial charge in [-0.15, -0.1) is 0 Å². The quantitative estimate of drug-likeness (QED) is 0.451. The summed E-state index contributed by atoms with van der Waals surface area (Å²) in [7, 11) is 0. The van der Waals surface area contributed by atoms with Crippen molar-refractivity contribution in [1.29, 1.82) is 0 Å². The summed E-state index contributed by atoms with van der Waals surface area (Å²) < 4.78 is 0. The molecule has 0 aromatic heterocycles. The monoisotopic (exact) mass is 233 g/mol. The third kappa shape index (κ3) is 2.65. The van der Waals surface area contributed by atoms with E-state index < -0.39 is 0 Å². The van der Waals surface area contributed by atoms with Crippen LogP contribution in [-0.2, 0) is 17.8 Å². The van der Waals surface area contributed by atoms with Crippen LogP contribution < -0.4 is 11.3 Å². The Morgan fingerprint density at radius 3 is 2.82 bits per heavy atom. The first-order chi connectivity index (χ1) is 8.22. The molecule has 4 heteroatoms. The minimum absolute atomic E-state index is 0.121. The van der Waals surface area contributed by atoms with Gasteiger partial charge < -0.3 is 0 Å². The van der Waals surface area contributed by atoms with E-state index in [4.69, 9.17) is 5.84 Å². The minimum Gasteiger partial charge on any atom is -0.293 e. The van der Waals surface area contributed by atoms with E-state index in [9.17, 15) is 4.79 Å². The summed E-state index contributed by atoms with van der Waals surface area (Å²) >= 11 is 0. The normalized spacial score (nSPS) is 18.0. The lowest BCUT2D eigenvalue weighted by molar-refractivity contribution is -0.126. The highest BCUT2D eigenvalue weighted by molar-refractivity contribution is 5.80. The van der Waals surface area contributed by atoms with Crippen LogP contribution in [0.15, 0.2) is 24.3 Å². The highest BCUT2D eigenvalue weighted by Crippen LogP contribution is 2.19. The zero-order valence-corrected chi connectivity index (χ0v) is 10.1. The molecule has 4 nitrogen and oxygen atoms in total. The molecule has 1 aromatic rings. The molecule has 0 aliphatic carbocycles. The van der Waals surface area contributed by atoms with Gasteiger partial charge >= 0.3 is 0 Å². The Morgan fingerprint density at radius 2 is 2.12 bits per heavy atom. The second-order valence-electron chi connectivity index (χ2n) is 4.53. The number of hydrogen-bond acceptors (Lipinski definition) is 3. The van der Waals surface area contributed by atoms with Crippen LogP contribution in [-0.4, -0.2) is 23.4 Å². The molecule has 1 aliphatic rings. The lowest BCUT2D eigenvalue weighted by Gasteiger charge is -2.26. The molecule has 1 amide bonds. The number of nitrogens with one attached hydrogen (secondary N) is 1. The molecule has 0 saturated carbocycles. The Balaban J connectivity index is 2.15. The average molecular weight is 233 g/mol. The van der Waals surface area contributed by atoms with Crippen LogP contribution in [0.3, 0.4) is 0 Å². The fourth-order valence-electron chi connectivity index (χ4n) is 2.34. The number of aryl methyl sites for hydroxylation is 1. The molecule has 3 N–H and O–H groups in total. The number of rotatable bonds is 2. The molecular weight excluding hydrogens is 214 g/mol. The van der Waals surface area contributed by atoms with E-state index >= 15 is 0 Å². The summed E-state index contributed by atoms with van der Waals surface area (Å²) in [5, 5.41) is 0. The van der Waals surface area contributed by atoms with Crippen LogP contribution >= 0.6 is 0 Å². The lowest BCUT2D eigenvalue weighted by Crippen LogP contribution is -2.47. The van der Waals surface area contributed by atoms with Gasteiger partial charge in [-0.05, 0) is 37.4 Å². The molecule has 0 spiro atoms. The molecule has 1 aliphatic heterocycles. The number of benzene rings is 1. The maximum Gasteiger partial charge on any atom is 0.250 e. The van der Waals surface area contributed by atoms with E-state index in [1.54, 1.807) is 0 Å². The molecule has 92 valence electrons. The smallest absolute Gasteiger partial charge is 0.250 e. The Morgan fingerprint density at radius 1 is 1.41 bits per heavy atom. The van der Waals surface area contributed by atoms with E-state index in [0.29, 0.717) is 0 Å². The van der Waals surface area contributed by atoms with Crippen molar-refractivity contribution < 1.29 is 4.79 Å². The van der Waals surface area contributed by atoms with Gasteiger partial charge in [-0.2, -0.15) is 0 Å². The van der Waals surface area contributed by atoms with Crippen molar-refractivity contribution in [2.24, 2.45) is 5.84 Å². The van der Waals surface area contributed by atoms with Crippen LogP contribution in [0.5, 0.6) is 0 Å². The van der Waals surface area contributed by atoms with Gasteiger partial charge in [0.05, 0.1) is 6.04 Å². The third-order valence-corrected chi connectivity index (χ3v) is 3.45. The fourth-order valence-corrected chi connectivity index (χ4v) is 2.34. The van der Waals surface area contributed by atoms with E-state index in [1.165, 1.54) is 11.1 Å². The van der Waals surface area contributed by atoms with Gasteiger partial charge in [-0.1, -0.05) is 24.3 Å². The first-order valence-corrected chi connectivity index (χ1v) is 6.03. The molecular formula is C13H19N3O. The van der Waals surface area contributed by atoms with Crippen molar-refractivity contribution in [2.75, 3.05) is 6.54 Å². The van der Waals surface area contributed by atoms with Crippen molar-refractivity contribution in [1.82, 2.24) is 10.3 Å². The SMILES string of the molecule is CC(C(=O)NN)N1CCCc2ccccc2C1. The number of amides is 1. The lowest BCUT2D eigenvalue weighted by atomic mass is 10.0. The van der Waals surface area contributed by atoms with Crippen molar-refractivity contribution in [3.63, 3.8) is 0 Å². The zero-order chi connectivity index (χ0) is 12.3. The van der Waals surface area contributed by atoms with Gasteiger partial charge in [0.2, 0.25) is 0 Å². The largest absolute Gasteiger partial charge is 0.293 e. The third-order valence-electron chi connectivity index (χ3n) is 3.45. The van der Waals surface area contributed by atoms with Crippen LogP contribution in [0, 0.1) is 0 Å². The number of hydrazine groups is 1. The second-order valence-corrected chi connectivity index (χ2v) is 4.53. The first-order valence-electron chi connectivity index (χ1n) is 6.03. The van der Waals surface area contributed by atoms with E-state index in [1.807, 2.05) is 6.92 Å². The molecule has 0 radical (unpaired) electrons. The summed E-state index contributed by atoms with van der Waals surface area (Å²) in [6.45, 7) is 3.66. The Bertz CT molecular complexity index is 405. The predicted octanol–water partition coefficient (Wildman–Crippen LogP) is 0.813. The summed E-state index contributed by atoms with van der Waals surface area (Å²) in [5.74, 6) is 5.07. The summed E-state index contributed by atoms with van der Waals surface area (Å²) in [4.78, 5) is 13.7. The minimum atomic E-state index is -0.175. The van der Waals surface area contributed by atoms with E-state index in [0.717, 1.165) is 25.9 Å². The molecule has 0 fully saturated rings. The van der Waals surface area contributed by atoms with E-state index in [-0.39, 0.29) is 11.9 Å². The summed E-state index contributed by atoms with van der Waals surface area (Å²) in [6, 6.07) is 8.26. The Labute approximate surface area is 102 Å². The summed E-state index contributed by atoms with van der Waals surface area (Å²) in [5.41, 5.74) is 4.95. The van der Waals surface area contributed by atoms with Gasteiger partial charge in [0.15, 0.2) is 0 Å². The molecule has 1 unspecified atom stereocenters. The molecule has 17 heavy (non-hydrogen) atoms. The molecule has 1 heterocycles. The highest BCUT2D eigenvalue weighted by atomic mass is 16.2. The zero-order valence-electron chi connectivity index (χ0n) is 10.1.